The molecule has 0 aromatic heterocycles. The third-order valence-electron chi connectivity index (χ3n) is 3.62. The highest BCUT2D eigenvalue weighted by atomic mass is 127. The number of ether oxygens (including phenoxy) is 1. The molecule has 1 aromatic rings. The molecule has 0 saturated carbocycles. The zero-order valence-electron chi connectivity index (χ0n) is 13.8. The van der Waals surface area contributed by atoms with Crippen LogP contribution in [0.1, 0.15) is 49.5 Å². The smallest absolute Gasteiger partial charge is 0.338 e. The minimum absolute atomic E-state index is 0.260. The summed E-state index contributed by atoms with van der Waals surface area (Å²) in [6.45, 7) is 7.90. The number of esters is 1. The van der Waals surface area contributed by atoms with Crippen LogP contribution in [0, 0.1) is 3.57 Å². The van der Waals surface area contributed by atoms with Gasteiger partial charge in [-0.1, -0.05) is 17.7 Å². The average molecular weight is 413 g/mol. The van der Waals surface area contributed by atoms with Gasteiger partial charge in [-0.2, -0.15) is 0 Å². The number of rotatable bonds is 2. The normalized spacial score (nSPS) is 16.5. The lowest BCUT2D eigenvalue weighted by molar-refractivity contribution is 0.00694. The van der Waals surface area contributed by atoms with Crippen LogP contribution >= 0.6 is 22.6 Å². The summed E-state index contributed by atoms with van der Waals surface area (Å²) in [5.74, 6) is -0.260. The van der Waals surface area contributed by atoms with Crippen molar-refractivity contribution in [2.45, 2.75) is 39.2 Å². The second kappa shape index (κ2) is 7.13. The molecule has 3 nitrogen and oxygen atoms in total. The van der Waals surface area contributed by atoms with E-state index in [4.69, 9.17) is 4.74 Å². The van der Waals surface area contributed by atoms with Crippen LogP contribution in [0.2, 0.25) is 0 Å². The zero-order valence-corrected chi connectivity index (χ0v) is 15.9. The van der Waals surface area contributed by atoms with Crippen molar-refractivity contribution in [2.24, 2.45) is 0 Å². The van der Waals surface area contributed by atoms with E-state index in [9.17, 15) is 4.79 Å². The van der Waals surface area contributed by atoms with Crippen molar-refractivity contribution in [1.82, 2.24) is 4.90 Å². The molecule has 120 valence electrons. The molecular formula is C18H24INO2. The van der Waals surface area contributed by atoms with Gasteiger partial charge in [-0.05, 0) is 80.9 Å². The van der Waals surface area contributed by atoms with Gasteiger partial charge in [0.2, 0.25) is 0 Å². The van der Waals surface area contributed by atoms with Crippen LogP contribution in [0.25, 0.3) is 6.08 Å². The van der Waals surface area contributed by atoms with Gasteiger partial charge in [0.15, 0.2) is 0 Å². The van der Waals surface area contributed by atoms with Crippen molar-refractivity contribution in [2.75, 3.05) is 20.1 Å². The summed E-state index contributed by atoms with van der Waals surface area (Å²) < 4.78 is 6.51. The Labute approximate surface area is 146 Å². The molecule has 0 aliphatic carbocycles. The molecule has 4 heteroatoms. The zero-order chi connectivity index (χ0) is 16.3. The van der Waals surface area contributed by atoms with Crippen molar-refractivity contribution in [3.8, 4) is 0 Å². The minimum Gasteiger partial charge on any atom is -0.456 e. The molecule has 0 spiro atoms. The molecule has 1 aliphatic rings. The highest BCUT2D eigenvalue weighted by Crippen LogP contribution is 2.23. The first-order valence-electron chi connectivity index (χ1n) is 7.65. The summed E-state index contributed by atoms with van der Waals surface area (Å²) in [6, 6.07) is 5.79. The number of halogens is 1. The largest absolute Gasteiger partial charge is 0.456 e. The predicted molar refractivity (Wildman–Crippen MR) is 99.0 cm³/mol. The van der Waals surface area contributed by atoms with Gasteiger partial charge in [0.1, 0.15) is 5.60 Å². The Hall–Kier alpha value is -0.880. The predicted octanol–water partition coefficient (Wildman–Crippen LogP) is 4.36. The lowest BCUT2D eigenvalue weighted by atomic mass is 10.0. The first kappa shape index (κ1) is 17.5. The van der Waals surface area contributed by atoms with Crippen molar-refractivity contribution in [3.05, 3.63) is 38.5 Å². The summed E-state index contributed by atoms with van der Waals surface area (Å²) in [5, 5.41) is 0. The molecule has 2 rings (SSSR count). The molecule has 1 heterocycles. The van der Waals surface area contributed by atoms with Crippen LogP contribution in [-0.4, -0.2) is 36.6 Å². The van der Waals surface area contributed by atoms with Crippen LogP contribution in [-0.2, 0) is 4.74 Å². The minimum atomic E-state index is -0.461. The molecule has 0 radical (unpaired) electrons. The monoisotopic (exact) mass is 413 g/mol. The maximum atomic E-state index is 12.1. The number of benzene rings is 1. The highest BCUT2D eigenvalue weighted by Gasteiger charge is 2.18. The lowest BCUT2D eigenvalue weighted by Crippen LogP contribution is -2.26. The summed E-state index contributed by atoms with van der Waals surface area (Å²) in [6.07, 6.45) is 4.52. The number of likely N-dealkylation sites (tertiary alicyclic amines) is 1. The fourth-order valence-electron chi connectivity index (χ4n) is 2.38. The average Bonchev–Trinajstić information content (AvgIpc) is 2.41. The maximum absolute atomic E-state index is 12.1. The molecule has 0 N–H and O–H groups in total. The number of nitrogens with zero attached hydrogens (tertiary/aromatic N) is 1. The number of carbonyl (C=O) groups excluding carboxylic acids is 1. The molecule has 1 saturated heterocycles. The Morgan fingerprint density at radius 1 is 1.27 bits per heavy atom. The van der Waals surface area contributed by atoms with Gasteiger partial charge in [-0.15, -0.1) is 0 Å². The van der Waals surface area contributed by atoms with Gasteiger partial charge in [-0.25, -0.2) is 4.79 Å². The van der Waals surface area contributed by atoms with E-state index in [0.29, 0.717) is 5.56 Å². The van der Waals surface area contributed by atoms with E-state index in [-0.39, 0.29) is 5.97 Å². The van der Waals surface area contributed by atoms with E-state index in [2.05, 4.69) is 40.6 Å². The molecule has 1 aliphatic heterocycles. The molecule has 1 aromatic carbocycles. The molecule has 0 amide bonds. The van der Waals surface area contributed by atoms with E-state index >= 15 is 0 Å². The van der Waals surface area contributed by atoms with E-state index in [1.54, 1.807) is 0 Å². The molecule has 22 heavy (non-hydrogen) atoms. The van der Waals surface area contributed by atoms with Crippen LogP contribution in [0.5, 0.6) is 0 Å². The number of carbonyl (C=O) groups is 1. The fourth-order valence-corrected chi connectivity index (χ4v) is 3.05. The van der Waals surface area contributed by atoms with Gasteiger partial charge in [0.25, 0.3) is 0 Å². The van der Waals surface area contributed by atoms with Crippen molar-refractivity contribution in [1.29, 1.82) is 0 Å². The summed E-state index contributed by atoms with van der Waals surface area (Å²) in [4.78, 5) is 14.5. The fraction of sp³-hybridized carbons (Fsp3) is 0.500. The van der Waals surface area contributed by atoms with Crippen LogP contribution in [0.4, 0.5) is 0 Å². The second-order valence-electron chi connectivity index (χ2n) is 6.84. The van der Waals surface area contributed by atoms with Crippen LogP contribution in [0.3, 0.4) is 0 Å². The Balaban J connectivity index is 2.13. The Kier molecular flexibility index (Phi) is 5.66. The third-order valence-corrected chi connectivity index (χ3v) is 4.56. The summed E-state index contributed by atoms with van der Waals surface area (Å²) >= 11 is 2.29. The molecular weight excluding hydrogens is 389 g/mol. The van der Waals surface area contributed by atoms with E-state index in [0.717, 1.165) is 29.5 Å². The van der Waals surface area contributed by atoms with Gasteiger partial charge in [0.05, 0.1) is 5.56 Å². The van der Waals surface area contributed by atoms with Crippen LogP contribution < -0.4 is 0 Å². The quantitative estimate of drug-likeness (QED) is 0.533. The molecule has 1 fully saturated rings. The number of hydrogen-bond donors (Lipinski definition) is 0. The Morgan fingerprint density at radius 3 is 2.45 bits per heavy atom. The van der Waals surface area contributed by atoms with E-state index in [1.807, 2.05) is 39.0 Å². The second-order valence-corrected chi connectivity index (χ2v) is 8.01. The first-order chi connectivity index (χ1) is 10.2. The van der Waals surface area contributed by atoms with Crippen molar-refractivity contribution in [3.63, 3.8) is 0 Å². The number of piperidine rings is 1. The van der Waals surface area contributed by atoms with Crippen molar-refractivity contribution < 1.29 is 9.53 Å². The first-order valence-corrected chi connectivity index (χ1v) is 8.73. The topological polar surface area (TPSA) is 29.5 Å². The van der Waals surface area contributed by atoms with Crippen molar-refractivity contribution >= 4 is 34.6 Å². The number of hydrogen-bond acceptors (Lipinski definition) is 3. The Morgan fingerprint density at radius 2 is 1.91 bits per heavy atom. The SMILES string of the molecule is CN1CCC(=Cc2ccc(C(=O)OC(C)(C)C)cc2I)CC1. The van der Waals surface area contributed by atoms with E-state index in [1.165, 1.54) is 11.1 Å². The summed E-state index contributed by atoms with van der Waals surface area (Å²) in [7, 11) is 2.16. The molecule has 0 unspecified atom stereocenters. The summed E-state index contributed by atoms with van der Waals surface area (Å²) in [5.41, 5.74) is 2.83. The van der Waals surface area contributed by atoms with Gasteiger partial charge in [-0.3, -0.25) is 0 Å². The molecule has 0 bridgehead atoms. The third kappa shape index (κ3) is 5.09. The van der Waals surface area contributed by atoms with E-state index < -0.39 is 5.60 Å². The van der Waals surface area contributed by atoms with Gasteiger partial charge < -0.3 is 9.64 Å². The molecule has 0 atom stereocenters. The van der Waals surface area contributed by atoms with Crippen LogP contribution in [0.15, 0.2) is 23.8 Å². The standard InChI is InChI=1S/C18H24INO2/c1-18(2,3)22-17(21)15-6-5-14(16(19)12-15)11-13-7-9-20(4)10-8-13/h5-6,11-12H,7-10H2,1-4H3. The lowest BCUT2D eigenvalue weighted by Gasteiger charge is -2.24. The Bertz CT molecular complexity index is 577. The van der Waals surface area contributed by atoms with Gasteiger partial charge >= 0.3 is 5.97 Å². The highest BCUT2D eigenvalue weighted by molar-refractivity contribution is 14.1. The van der Waals surface area contributed by atoms with Gasteiger partial charge in [0, 0.05) is 16.7 Å². The maximum Gasteiger partial charge on any atom is 0.338 e.